The van der Waals surface area contributed by atoms with E-state index in [0.717, 1.165) is 12.1 Å². The van der Waals surface area contributed by atoms with Crippen LogP contribution in [0.3, 0.4) is 0 Å². The van der Waals surface area contributed by atoms with Gasteiger partial charge in [0.2, 0.25) is 0 Å². The number of nitrogens with one attached hydrogen (secondary N) is 1. The zero-order valence-corrected chi connectivity index (χ0v) is 12.9. The van der Waals surface area contributed by atoms with E-state index in [-0.39, 0.29) is 15.4 Å². The lowest BCUT2D eigenvalue weighted by Crippen LogP contribution is -2.07. The summed E-state index contributed by atoms with van der Waals surface area (Å²) in [6.45, 7) is 1.62. The molecule has 112 valence electrons. The molecule has 0 atom stereocenters. The van der Waals surface area contributed by atoms with Crippen molar-refractivity contribution in [3.05, 3.63) is 50.8 Å². The fourth-order valence-corrected chi connectivity index (χ4v) is 2.20. The van der Waals surface area contributed by atoms with Crippen molar-refractivity contribution >= 4 is 39.0 Å². The second kappa shape index (κ2) is 5.81. The minimum absolute atomic E-state index is 0.0727. The summed E-state index contributed by atoms with van der Waals surface area (Å²) in [4.78, 5) is 3.78. The number of hydrogen-bond donors (Lipinski definition) is 1. The van der Waals surface area contributed by atoms with Gasteiger partial charge in [0.05, 0.1) is 10.0 Å². The molecule has 1 aromatic carbocycles. The monoisotopic (exact) mass is 382 g/mol. The van der Waals surface area contributed by atoms with Gasteiger partial charge in [-0.1, -0.05) is 11.6 Å². The van der Waals surface area contributed by atoms with E-state index in [4.69, 9.17) is 11.6 Å². The van der Waals surface area contributed by atoms with Crippen LogP contribution < -0.4 is 5.32 Å². The molecular formula is C13H8BrClF4N2. The van der Waals surface area contributed by atoms with Crippen LogP contribution in [-0.4, -0.2) is 4.98 Å². The Kier molecular flexibility index (Phi) is 4.43. The van der Waals surface area contributed by atoms with Gasteiger partial charge in [-0.15, -0.1) is 0 Å². The number of benzene rings is 1. The van der Waals surface area contributed by atoms with Crippen LogP contribution in [-0.2, 0) is 6.18 Å². The standard InChI is InChI=1S/C13H8BrClF4N2/c1-6-2-9(16)8(14)5-10(6)20-12-4-7(13(17,18)19)3-11(15)21-12/h2-5H,1H3,(H,20,21). The van der Waals surface area contributed by atoms with Crippen LogP contribution in [0.25, 0.3) is 0 Å². The smallest absolute Gasteiger partial charge is 0.340 e. The zero-order valence-electron chi connectivity index (χ0n) is 10.5. The molecule has 0 bridgehead atoms. The number of aromatic nitrogens is 1. The lowest BCUT2D eigenvalue weighted by molar-refractivity contribution is -0.137. The van der Waals surface area contributed by atoms with Gasteiger partial charge in [-0.2, -0.15) is 13.2 Å². The molecule has 2 nitrogen and oxygen atoms in total. The van der Waals surface area contributed by atoms with Crippen LogP contribution >= 0.6 is 27.5 Å². The molecule has 0 spiro atoms. The summed E-state index contributed by atoms with van der Waals surface area (Å²) in [5.41, 5.74) is 0.0287. The first-order chi connectivity index (χ1) is 9.66. The molecule has 21 heavy (non-hydrogen) atoms. The highest BCUT2D eigenvalue weighted by Crippen LogP contribution is 2.33. The average molecular weight is 384 g/mol. The molecule has 0 saturated carbocycles. The Hall–Kier alpha value is -1.34. The molecule has 1 heterocycles. The summed E-state index contributed by atoms with van der Waals surface area (Å²) < 4.78 is 51.6. The minimum atomic E-state index is -4.53. The number of pyridine rings is 1. The van der Waals surface area contributed by atoms with E-state index in [9.17, 15) is 17.6 Å². The Labute approximate surface area is 131 Å². The molecule has 1 N–H and O–H groups in total. The SMILES string of the molecule is Cc1cc(F)c(Br)cc1Nc1cc(C(F)(F)F)cc(Cl)n1. The molecular weight excluding hydrogens is 376 g/mol. The van der Waals surface area contributed by atoms with Crippen LogP contribution in [0, 0.1) is 12.7 Å². The second-order valence-corrected chi connectivity index (χ2v) is 5.51. The van der Waals surface area contributed by atoms with Gasteiger partial charge in [0.15, 0.2) is 0 Å². The first-order valence-electron chi connectivity index (χ1n) is 5.64. The van der Waals surface area contributed by atoms with Crippen LogP contribution in [0.2, 0.25) is 5.15 Å². The molecule has 1 aromatic heterocycles. The maximum atomic E-state index is 13.3. The Morgan fingerprint density at radius 3 is 2.48 bits per heavy atom. The summed E-state index contributed by atoms with van der Waals surface area (Å²) in [7, 11) is 0. The number of anilines is 2. The predicted octanol–water partition coefficient (Wildman–Crippen LogP) is 5.71. The summed E-state index contributed by atoms with van der Waals surface area (Å²) in [5, 5.41) is 2.42. The van der Waals surface area contributed by atoms with Crippen molar-refractivity contribution in [2.75, 3.05) is 5.32 Å². The molecule has 0 amide bonds. The normalized spacial score (nSPS) is 11.6. The quantitative estimate of drug-likeness (QED) is 0.531. The Balaban J connectivity index is 2.40. The molecule has 0 aliphatic heterocycles. The number of hydrogen-bond acceptors (Lipinski definition) is 2. The predicted molar refractivity (Wildman–Crippen MR) is 76.4 cm³/mol. The minimum Gasteiger partial charge on any atom is -0.340 e. The van der Waals surface area contributed by atoms with Crippen molar-refractivity contribution in [1.29, 1.82) is 0 Å². The fourth-order valence-electron chi connectivity index (χ4n) is 1.64. The fraction of sp³-hybridized carbons (Fsp3) is 0.154. The van der Waals surface area contributed by atoms with Gasteiger partial charge in [0, 0.05) is 5.69 Å². The largest absolute Gasteiger partial charge is 0.416 e. The molecule has 0 radical (unpaired) electrons. The lowest BCUT2D eigenvalue weighted by atomic mass is 10.2. The van der Waals surface area contributed by atoms with Gasteiger partial charge in [0.1, 0.15) is 16.8 Å². The van der Waals surface area contributed by atoms with Gasteiger partial charge in [-0.3, -0.25) is 0 Å². The van der Waals surface area contributed by atoms with Crippen LogP contribution in [0.1, 0.15) is 11.1 Å². The van der Waals surface area contributed by atoms with Crippen molar-refractivity contribution in [3.63, 3.8) is 0 Å². The van der Waals surface area contributed by atoms with Gasteiger partial charge in [-0.05, 0) is 52.7 Å². The molecule has 8 heteroatoms. The molecule has 2 rings (SSSR count). The number of aryl methyl sites for hydroxylation is 1. The number of halogens is 6. The van der Waals surface area contributed by atoms with Gasteiger partial charge >= 0.3 is 6.18 Å². The van der Waals surface area contributed by atoms with E-state index < -0.39 is 17.6 Å². The summed E-state index contributed by atoms with van der Waals surface area (Å²) in [6, 6.07) is 4.24. The third-order valence-corrected chi connectivity index (χ3v) is 3.45. The highest BCUT2D eigenvalue weighted by atomic mass is 79.9. The molecule has 0 saturated heterocycles. The van der Waals surface area contributed by atoms with Crippen molar-refractivity contribution < 1.29 is 17.6 Å². The number of alkyl halides is 3. The molecule has 0 unspecified atom stereocenters. The average Bonchev–Trinajstić information content (AvgIpc) is 2.34. The van der Waals surface area contributed by atoms with Crippen molar-refractivity contribution in [2.24, 2.45) is 0 Å². The van der Waals surface area contributed by atoms with Gasteiger partial charge < -0.3 is 5.32 Å². The van der Waals surface area contributed by atoms with E-state index in [2.05, 4.69) is 26.2 Å². The molecule has 0 aliphatic carbocycles. The molecule has 2 aromatic rings. The van der Waals surface area contributed by atoms with E-state index in [1.54, 1.807) is 6.92 Å². The third kappa shape index (κ3) is 3.85. The van der Waals surface area contributed by atoms with Gasteiger partial charge in [0.25, 0.3) is 0 Å². The van der Waals surface area contributed by atoms with Crippen LogP contribution in [0.4, 0.5) is 29.1 Å². The number of nitrogens with zero attached hydrogens (tertiary/aromatic N) is 1. The van der Waals surface area contributed by atoms with E-state index in [1.165, 1.54) is 12.1 Å². The molecule has 0 fully saturated rings. The highest BCUT2D eigenvalue weighted by molar-refractivity contribution is 9.10. The van der Waals surface area contributed by atoms with Crippen molar-refractivity contribution in [3.8, 4) is 0 Å². The Morgan fingerprint density at radius 2 is 1.86 bits per heavy atom. The number of rotatable bonds is 2. The second-order valence-electron chi connectivity index (χ2n) is 4.27. The van der Waals surface area contributed by atoms with Gasteiger partial charge in [-0.25, -0.2) is 9.37 Å². The Bertz CT molecular complexity index is 689. The third-order valence-electron chi connectivity index (χ3n) is 2.65. The summed E-state index contributed by atoms with van der Waals surface area (Å²) in [6.07, 6.45) is -4.53. The zero-order chi connectivity index (χ0) is 15.8. The van der Waals surface area contributed by atoms with Crippen LogP contribution in [0.15, 0.2) is 28.7 Å². The highest BCUT2D eigenvalue weighted by Gasteiger charge is 2.31. The Morgan fingerprint density at radius 1 is 1.19 bits per heavy atom. The maximum Gasteiger partial charge on any atom is 0.416 e. The topological polar surface area (TPSA) is 24.9 Å². The van der Waals surface area contributed by atoms with Crippen molar-refractivity contribution in [2.45, 2.75) is 13.1 Å². The summed E-state index contributed by atoms with van der Waals surface area (Å²) in [5.74, 6) is -0.537. The van der Waals surface area contributed by atoms with Crippen LogP contribution in [0.5, 0.6) is 0 Å². The van der Waals surface area contributed by atoms with Crippen molar-refractivity contribution in [1.82, 2.24) is 4.98 Å². The first kappa shape index (κ1) is 16.0. The van der Waals surface area contributed by atoms with E-state index >= 15 is 0 Å². The molecule has 0 aliphatic rings. The van der Waals surface area contributed by atoms with E-state index in [0.29, 0.717) is 11.3 Å². The lowest BCUT2D eigenvalue weighted by Gasteiger charge is -2.13. The first-order valence-corrected chi connectivity index (χ1v) is 6.81. The van der Waals surface area contributed by atoms with E-state index in [1.807, 2.05) is 0 Å². The summed E-state index contributed by atoms with van der Waals surface area (Å²) >= 11 is 8.61. The maximum absolute atomic E-state index is 13.3.